The summed E-state index contributed by atoms with van der Waals surface area (Å²) in [5.74, 6) is -1.16. The molecule has 2 aromatic carbocycles. The number of aryl methyl sites for hydroxylation is 2. The third-order valence-electron chi connectivity index (χ3n) is 6.17. The minimum Gasteiger partial charge on any atom is -0.508 e. The van der Waals surface area contributed by atoms with E-state index in [0.29, 0.717) is 6.42 Å². The monoisotopic (exact) mass is 572 g/mol. The van der Waals surface area contributed by atoms with Crippen LogP contribution in [0.15, 0.2) is 52.4 Å². The number of hydrogen-bond donors (Lipinski definition) is 7. The van der Waals surface area contributed by atoms with E-state index in [2.05, 4.69) is 20.6 Å². The van der Waals surface area contributed by atoms with Crippen LogP contribution in [0.25, 0.3) is 0 Å². The molecule has 2 amide bonds. The molecule has 4 unspecified atom stereocenters. The topological polar surface area (TPSA) is 224 Å². The van der Waals surface area contributed by atoms with Gasteiger partial charge in [0.05, 0.1) is 6.04 Å². The van der Waals surface area contributed by atoms with Crippen LogP contribution in [0.4, 0.5) is 0 Å². The molecule has 0 bridgehead atoms. The molecule has 2 rings (SSSR count). The molecule has 218 valence electrons. The van der Waals surface area contributed by atoms with Crippen LogP contribution in [0.2, 0.25) is 0 Å². The summed E-state index contributed by atoms with van der Waals surface area (Å²) in [4.78, 5) is 34.9. The number of phenols is 1. The Kier molecular flexibility index (Phi) is 12.4. The Morgan fingerprint density at radius 1 is 0.950 bits per heavy atom. The number of nitrogens with zero attached hydrogens (tertiary/aromatic N) is 2. The number of hydrogen-bond acceptors (Lipinski definition) is 6. The number of rotatable bonds is 14. The van der Waals surface area contributed by atoms with Gasteiger partial charge in [0.15, 0.2) is 11.9 Å². The van der Waals surface area contributed by atoms with Crippen LogP contribution in [0.5, 0.6) is 5.75 Å². The number of carbonyl (C=O) groups is 2. The smallest absolute Gasteiger partial charge is 0.245 e. The van der Waals surface area contributed by atoms with Gasteiger partial charge in [0, 0.05) is 35.8 Å². The normalized spacial score (nSPS) is 13.8. The number of benzene rings is 2. The van der Waals surface area contributed by atoms with Gasteiger partial charge in [0.2, 0.25) is 11.8 Å². The number of nitrogens with two attached hydrogens (primary N) is 4. The van der Waals surface area contributed by atoms with Gasteiger partial charge < -0.3 is 38.7 Å². The van der Waals surface area contributed by atoms with Gasteiger partial charge in [-0.2, -0.15) is 0 Å². The van der Waals surface area contributed by atoms with Crippen molar-refractivity contribution in [2.24, 2.45) is 32.9 Å². The van der Waals surface area contributed by atoms with Crippen LogP contribution < -0.4 is 33.6 Å². The van der Waals surface area contributed by atoms with Gasteiger partial charge in [-0.25, -0.2) is 9.98 Å². The van der Waals surface area contributed by atoms with Crippen molar-refractivity contribution in [3.05, 3.63) is 64.7 Å². The molecule has 0 spiro atoms. The van der Waals surface area contributed by atoms with E-state index in [-0.39, 0.29) is 42.8 Å². The van der Waals surface area contributed by atoms with Crippen LogP contribution in [-0.4, -0.2) is 69.7 Å². The molecule has 13 heteroatoms. The minimum atomic E-state index is -1.20. The lowest BCUT2D eigenvalue weighted by atomic mass is 9.95. The third kappa shape index (κ3) is 10.9. The zero-order chi connectivity index (χ0) is 29.8. The lowest BCUT2D eigenvalue weighted by molar-refractivity contribution is -0.129. The second-order valence-electron chi connectivity index (χ2n) is 9.60. The van der Waals surface area contributed by atoms with Crippen LogP contribution in [-0.2, 0) is 33.2 Å². The molecule has 0 radical (unpaired) electrons. The van der Waals surface area contributed by atoms with Gasteiger partial charge in [0.1, 0.15) is 17.8 Å². The predicted molar refractivity (Wildman–Crippen MR) is 159 cm³/mol. The Bertz CT molecular complexity index is 1220. The first-order chi connectivity index (χ1) is 18.8. The van der Waals surface area contributed by atoms with E-state index in [1.165, 1.54) is 6.26 Å². The van der Waals surface area contributed by atoms with Gasteiger partial charge in [-0.1, -0.05) is 30.3 Å². The second kappa shape index (κ2) is 15.5. The number of aromatic hydroxyl groups is 1. The molecule has 0 aliphatic rings. The van der Waals surface area contributed by atoms with E-state index >= 15 is 0 Å². The average molecular weight is 573 g/mol. The summed E-state index contributed by atoms with van der Waals surface area (Å²) >= 11 is 0. The Balaban J connectivity index is 2.22. The number of guanidine groups is 2. The first kappa shape index (κ1) is 32.1. The maximum atomic E-state index is 13.4. The van der Waals surface area contributed by atoms with Crippen LogP contribution >= 0.6 is 0 Å². The molecule has 0 aliphatic carbocycles. The molecule has 0 saturated carbocycles. The van der Waals surface area contributed by atoms with E-state index in [9.17, 15) is 18.9 Å². The summed E-state index contributed by atoms with van der Waals surface area (Å²) in [5, 5.41) is 15.4. The van der Waals surface area contributed by atoms with Crippen LogP contribution in [0.3, 0.4) is 0 Å². The molecule has 0 aliphatic heterocycles. The second-order valence-corrected chi connectivity index (χ2v) is 11.2. The molecule has 0 aromatic heterocycles. The third-order valence-corrected chi connectivity index (χ3v) is 6.98. The quantitative estimate of drug-likeness (QED) is 0.114. The largest absolute Gasteiger partial charge is 0.508 e. The molecule has 0 heterocycles. The van der Waals surface area contributed by atoms with Crippen molar-refractivity contribution in [3.8, 4) is 5.75 Å². The standard InChI is InChI=1S/C27H40N8O4S/c1-16-11-20(36)12-17(2)21(16)14-23(35-27(30)31)25(38)34-22(9-10-40(3)39)24(37)32-15-19(33-26(28)29)13-18-7-5-4-6-8-18/h4-8,11-12,19,22-23,36H,9-10,13-15H2,1-3H3,(H,32,37)(H,34,38)(H4,28,29,33)(H4,30,31,35). The average Bonchev–Trinajstić information content (AvgIpc) is 2.86. The summed E-state index contributed by atoms with van der Waals surface area (Å²) in [5.41, 5.74) is 25.7. The molecule has 2 aromatic rings. The highest BCUT2D eigenvalue weighted by molar-refractivity contribution is 7.84. The van der Waals surface area contributed by atoms with Gasteiger partial charge >= 0.3 is 0 Å². The SMILES string of the molecule is Cc1cc(O)cc(C)c1CC(N=C(N)N)C(=O)NC(CCS(C)=O)C(=O)NCC(Cc1ccccc1)N=C(N)N. The Morgan fingerprint density at radius 2 is 1.55 bits per heavy atom. The van der Waals surface area contributed by atoms with Crippen molar-refractivity contribution in [2.75, 3.05) is 18.6 Å². The Labute approximate surface area is 237 Å². The molecule has 12 nitrogen and oxygen atoms in total. The Morgan fingerprint density at radius 3 is 2.10 bits per heavy atom. The summed E-state index contributed by atoms with van der Waals surface area (Å²) in [6.07, 6.45) is 2.26. The molecule has 40 heavy (non-hydrogen) atoms. The van der Waals surface area contributed by atoms with E-state index in [0.717, 1.165) is 22.3 Å². The van der Waals surface area contributed by atoms with Crippen molar-refractivity contribution >= 4 is 34.5 Å². The van der Waals surface area contributed by atoms with Crippen molar-refractivity contribution in [1.82, 2.24) is 10.6 Å². The minimum absolute atomic E-state index is 0.108. The fourth-order valence-electron chi connectivity index (χ4n) is 4.29. The number of phenolic OH excluding ortho intramolecular Hbond substituents is 1. The molecular formula is C27H40N8O4S. The van der Waals surface area contributed by atoms with Crippen LogP contribution in [0.1, 0.15) is 28.7 Å². The fraction of sp³-hybridized carbons (Fsp3) is 0.407. The molecule has 4 atom stereocenters. The van der Waals surface area contributed by atoms with Crippen molar-refractivity contribution < 1.29 is 18.9 Å². The highest BCUT2D eigenvalue weighted by Crippen LogP contribution is 2.23. The number of aliphatic imine (C=N–C) groups is 2. The maximum Gasteiger partial charge on any atom is 0.245 e. The van der Waals surface area contributed by atoms with E-state index in [1.54, 1.807) is 12.1 Å². The predicted octanol–water partition coefficient (Wildman–Crippen LogP) is -0.552. The van der Waals surface area contributed by atoms with Crippen LogP contribution in [0, 0.1) is 13.8 Å². The number of nitrogens with one attached hydrogen (secondary N) is 2. The van der Waals surface area contributed by atoms with Crippen molar-refractivity contribution in [1.29, 1.82) is 0 Å². The molecule has 11 N–H and O–H groups in total. The summed E-state index contributed by atoms with van der Waals surface area (Å²) in [6.45, 7) is 3.72. The maximum absolute atomic E-state index is 13.4. The first-order valence-electron chi connectivity index (χ1n) is 12.7. The lowest BCUT2D eigenvalue weighted by Gasteiger charge is -2.23. The zero-order valence-corrected chi connectivity index (χ0v) is 23.9. The fourth-order valence-corrected chi connectivity index (χ4v) is 4.85. The Hall–Kier alpha value is -4.13. The van der Waals surface area contributed by atoms with Gasteiger partial charge in [-0.15, -0.1) is 0 Å². The number of carbonyl (C=O) groups excluding carboxylic acids is 2. The van der Waals surface area contributed by atoms with E-state index < -0.39 is 40.7 Å². The number of amides is 2. The molecule has 0 fully saturated rings. The molecule has 0 saturated heterocycles. The highest BCUT2D eigenvalue weighted by atomic mass is 32.2. The first-order valence-corrected chi connectivity index (χ1v) is 14.5. The van der Waals surface area contributed by atoms with E-state index in [1.807, 2.05) is 44.2 Å². The summed E-state index contributed by atoms with van der Waals surface area (Å²) < 4.78 is 11.8. The summed E-state index contributed by atoms with van der Waals surface area (Å²) in [7, 11) is -1.20. The summed E-state index contributed by atoms with van der Waals surface area (Å²) in [6, 6.07) is 10.2. The van der Waals surface area contributed by atoms with Crippen molar-refractivity contribution in [3.63, 3.8) is 0 Å². The van der Waals surface area contributed by atoms with Gasteiger partial charge in [-0.3, -0.25) is 13.8 Å². The van der Waals surface area contributed by atoms with Gasteiger partial charge in [-0.05, 0) is 61.1 Å². The van der Waals surface area contributed by atoms with Crippen molar-refractivity contribution in [2.45, 2.75) is 51.2 Å². The zero-order valence-electron chi connectivity index (χ0n) is 23.1. The van der Waals surface area contributed by atoms with E-state index in [4.69, 9.17) is 22.9 Å². The molecular weight excluding hydrogens is 532 g/mol. The lowest BCUT2D eigenvalue weighted by Crippen LogP contribution is -2.51. The van der Waals surface area contributed by atoms with Gasteiger partial charge in [0.25, 0.3) is 0 Å². The highest BCUT2D eigenvalue weighted by Gasteiger charge is 2.27.